The summed E-state index contributed by atoms with van der Waals surface area (Å²) in [6.07, 6.45) is 6.66. The molecule has 0 saturated heterocycles. The predicted octanol–water partition coefficient (Wildman–Crippen LogP) is 1.83. The number of carbonyl (C=O) groups excluding carboxylic acids is 2. The van der Waals surface area contributed by atoms with E-state index in [1.807, 2.05) is 43.5 Å². The molecule has 7 nitrogen and oxygen atoms in total. The molecule has 1 aromatic carbocycles. The van der Waals surface area contributed by atoms with E-state index >= 15 is 0 Å². The van der Waals surface area contributed by atoms with E-state index in [0.717, 1.165) is 16.8 Å². The molecular formula is C18H17N5O2. The predicted molar refractivity (Wildman–Crippen MR) is 93.0 cm³/mol. The van der Waals surface area contributed by atoms with Gasteiger partial charge >= 0.3 is 11.8 Å². The van der Waals surface area contributed by atoms with Gasteiger partial charge < -0.3 is 10.6 Å². The number of rotatable bonds is 4. The first kappa shape index (κ1) is 16.4. The number of nitrogens with one attached hydrogen (secondary N) is 2. The molecule has 0 bridgehead atoms. The van der Waals surface area contributed by atoms with E-state index < -0.39 is 11.8 Å². The quantitative estimate of drug-likeness (QED) is 0.712. The number of pyridine rings is 1. The summed E-state index contributed by atoms with van der Waals surface area (Å²) in [4.78, 5) is 27.9. The third-order valence-corrected chi connectivity index (χ3v) is 3.63. The summed E-state index contributed by atoms with van der Waals surface area (Å²) in [5, 5.41) is 9.33. The van der Waals surface area contributed by atoms with Gasteiger partial charge in [-0.2, -0.15) is 5.10 Å². The van der Waals surface area contributed by atoms with Crippen LogP contribution in [0.1, 0.15) is 11.1 Å². The van der Waals surface area contributed by atoms with Gasteiger partial charge in [-0.3, -0.25) is 14.6 Å². The van der Waals surface area contributed by atoms with Crippen LogP contribution in [0.4, 0.5) is 5.69 Å². The topological polar surface area (TPSA) is 88.9 Å². The highest BCUT2D eigenvalue weighted by Crippen LogP contribution is 2.11. The molecule has 0 radical (unpaired) electrons. The van der Waals surface area contributed by atoms with E-state index in [9.17, 15) is 9.59 Å². The fraction of sp³-hybridized carbons (Fsp3) is 0.111. The molecule has 0 aliphatic carbocycles. The molecule has 0 aliphatic rings. The van der Waals surface area contributed by atoms with Crippen LogP contribution in [0, 0.1) is 6.92 Å². The van der Waals surface area contributed by atoms with Gasteiger partial charge in [-0.1, -0.05) is 12.1 Å². The van der Waals surface area contributed by atoms with E-state index in [2.05, 4.69) is 20.7 Å². The van der Waals surface area contributed by atoms with Crippen LogP contribution in [0.15, 0.2) is 61.2 Å². The van der Waals surface area contributed by atoms with E-state index in [1.165, 1.54) is 6.20 Å². The molecule has 126 valence electrons. The van der Waals surface area contributed by atoms with Crippen molar-refractivity contribution in [3.63, 3.8) is 0 Å². The first-order valence-corrected chi connectivity index (χ1v) is 7.72. The van der Waals surface area contributed by atoms with E-state index in [4.69, 9.17) is 0 Å². The standard InChI is InChI=1S/C18H17N5O2/c1-13-6-8-19-12-16(13)22-18(25)17(24)20-11-14-4-2-5-15(10-14)23-9-3-7-21-23/h2-10,12H,11H2,1H3,(H,20,24)(H,22,25). The van der Waals surface area contributed by atoms with Crippen molar-refractivity contribution in [2.24, 2.45) is 0 Å². The second kappa shape index (κ2) is 7.39. The lowest BCUT2D eigenvalue weighted by Gasteiger charge is -2.09. The Bertz CT molecular complexity index is 890. The van der Waals surface area contributed by atoms with Crippen LogP contribution >= 0.6 is 0 Å². The lowest BCUT2D eigenvalue weighted by molar-refractivity contribution is -0.136. The number of aryl methyl sites for hydroxylation is 1. The summed E-state index contributed by atoms with van der Waals surface area (Å²) in [6, 6.07) is 11.1. The number of nitrogens with zero attached hydrogens (tertiary/aromatic N) is 3. The molecule has 3 rings (SSSR count). The lowest BCUT2D eigenvalue weighted by Crippen LogP contribution is -2.35. The molecule has 2 amide bonds. The van der Waals surface area contributed by atoms with Crippen molar-refractivity contribution in [2.45, 2.75) is 13.5 Å². The van der Waals surface area contributed by atoms with Crippen LogP contribution in [0.5, 0.6) is 0 Å². The van der Waals surface area contributed by atoms with E-state index in [-0.39, 0.29) is 6.54 Å². The van der Waals surface area contributed by atoms with Gasteiger partial charge in [0, 0.05) is 25.1 Å². The number of benzene rings is 1. The van der Waals surface area contributed by atoms with Crippen LogP contribution in [0.2, 0.25) is 0 Å². The van der Waals surface area contributed by atoms with Crippen molar-refractivity contribution in [3.05, 3.63) is 72.3 Å². The summed E-state index contributed by atoms with van der Waals surface area (Å²) in [6.45, 7) is 2.07. The number of aromatic nitrogens is 3. The minimum absolute atomic E-state index is 0.243. The minimum Gasteiger partial charge on any atom is -0.344 e. The summed E-state index contributed by atoms with van der Waals surface area (Å²) in [7, 11) is 0. The molecule has 0 atom stereocenters. The number of carbonyl (C=O) groups is 2. The molecule has 0 aliphatic heterocycles. The maximum Gasteiger partial charge on any atom is 0.313 e. The molecule has 2 heterocycles. The Labute approximate surface area is 144 Å². The highest BCUT2D eigenvalue weighted by atomic mass is 16.2. The van der Waals surface area contributed by atoms with Gasteiger partial charge in [-0.15, -0.1) is 0 Å². The van der Waals surface area contributed by atoms with E-state index in [1.54, 1.807) is 23.1 Å². The fourth-order valence-corrected chi connectivity index (χ4v) is 2.27. The minimum atomic E-state index is -0.723. The SMILES string of the molecule is Cc1ccncc1NC(=O)C(=O)NCc1cccc(-n2cccn2)c1. The van der Waals surface area contributed by atoms with Crippen LogP contribution < -0.4 is 10.6 Å². The first-order valence-electron chi connectivity index (χ1n) is 7.72. The Kier molecular flexibility index (Phi) is 4.84. The Balaban J connectivity index is 1.60. The Morgan fingerprint density at radius 2 is 2.00 bits per heavy atom. The van der Waals surface area contributed by atoms with Crippen LogP contribution in [0.3, 0.4) is 0 Å². The second-order valence-electron chi connectivity index (χ2n) is 5.45. The summed E-state index contributed by atoms with van der Waals surface area (Å²) in [5.41, 5.74) is 3.10. The van der Waals surface area contributed by atoms with Gasteiger partial charge in [0.2, 0.25) is 0 Å². The third-order valence-electron chi connectivity index (χ3n) is 3.63. The average molecular weight is 335 g/mol. The molecule has 3 aromatic rings. The number of hydrogen-bond acceptors (Lipinski definition) is 4. The highest BCUT2D eigenvalue weighted by Gasteiger charge is 2.14. The van der Waals surface area contributed by atoms with Crippen molar-refractivity contribution in [3.8, 4) is 5.69 Å². The highest BCUT2D eigenvalue weighted by molar-refractivity contribution is 6.39. The lowest BCUT2D eigenvalue weighted by atomic mass is 10.2. The maximum atomic E-state index is 12.0. The zero-order chi connectivity index (χ0) is 17.6. The zero-order valence-corrected chi connectivity index (χ0v) is 13.6. The van der Waals surface area contributed by atoms with Crippen molar-refractivity contribution in [1.29, 1.82) is 0 Å². The van der Waals surface area contributed by atoms with Gasteiger partial charge in [0.1, 0.15) is 0 Å². The molecule has 0 fully saturated rings. The van der Waals surface area contributed by atoms with E-state index in [0.29, 0.717) is 5.69 Å². The Hall–Kier alpha value is -3.48. The van der Waals surface area contributed by atoms with Crippen molar-refractivity contribution >= 4 is 17.5 Å². The van der Waals surface area contributed by atoms with Gasteiger partial charge in [-0.05, 0) is 42.3 Å². The van der Waals surface area contributed by atoms with Crippen molar-refractivity contribution in [1.82, 2.24) is 20.1 Å². The molecular weight excluding hydrogens is 318 g/mol. The second-order valence-corrected chi connectivity index (χ2v) is 5.45. The Morgan fingerprint density at radius 1 is 1.12 bits per heavy atom. The van der Waals surface area contributed by atoms with Gasteiger partial charge in [0.05, 0.1) is 17.6 Å². The van der Waals surface area contributed by atoms with Crippen LogP contribution in [-0.4, -0.2) is 26.6 Å². The Morgan fingerprint density at radius 3 is 2.76 bits per heavy atom. The van der Waals surface area contributed by atoms with Crippen molar-refractivity contribution < 1.29 is 9.59 Å². The zero-order valence-electron chi connectivity index (χ0n) is 13.6. The van der Waals surface area contributed by atoms with Gasteiger partial charge in [-0.25, -0.2) is 4.68 Å². The smallest absolute Gasteiger partial charge is 0.313 e. The third kappa shape index (κ3) is 4.08. The first-order chi connectivity index (χ1) is 12.1. The number of anilines is 1. The monoisotopic (exact) mass is 335 g/mol. The molecule has 25 heavy (non-hydrogen) atoms. The summed E-state index contributed by atoms with van der Waals surface area (Å²) < 4.78 is 1.73. The molecule has 0 unspecified atom stereocenters. The van der Waals surface area contributed by atoms with Gasteiger partial charge in [0.15, 0.2) is 0 Å². The molecule has 2 N–H and O–H groups in total. The molecule has 0 spiro atoms. The fourth-order valence-electron chi connectivity index (χ4n) is 2.27. The largest absolute Gasteiger partial charge is 0.344 e. The number of amides is 2. The molecule has 7 heteroatoms. The normalized spacial score (nSPS) is 10.3. The molecule has 0 saturated carbocycles. The summed E-state index contributed by atoms with van der Waals surface area (Å²) >= 11 is 0. The van der Waals surface area contributed by atoms with Gasteiger partial charge in [0.25, 0.3) is 0 Å². The van der Waals surface area contributed by atoms with Crippen LogP contribution in [0.25, 0.3) is 5.69 Å². The summed E-state index contributed by atoms with van der Waals surface area (Å²) in [5.74, 6) is -1.42. The average Bonchev–Trinajstić information content (AvgIpc) is 3.16. The maximum absolute atomic E-state index is 12.0. The molecule has 2 aromatic heterocycles. The number of hydrogen-bond donors (Lipinski definition) is 2. The van der Waals surface area contributed by atoms with Crippen molar-refractivity contribution in [2.75, 3.05) is 5.32 Å². The van der Waals surface area contributed by atoms with Crippen LogP contribution in [-0.2, 0) is 16.1 Å².